The molecule has 0 spiro atoms. The maximum Gasteiger partial charge on any atom is 0.125 e. The van der Waals surface area contributed by atoms with Crippen molar-refractivity contribution in [2.24, 2.45) is 0 Å². The van der Waals surface area contributed by atoms with Crippen LogP contribution in [0.3, 0.4) is 0 Å². The fourth-order valence-electron chi connectivity index (χ4n) is 2.25. The largest absolute Gasteiger partial charge is 0.323 e. The minimum atomic E-state index is 0.421. The lowest BCUT2D eigenvalue weighted by Crippen LogP contribution is -2.11. The smallest absolute Gasteiger partial charge is 0.125 e. The van der Waals surface area contributed by atoms with E-state index in [2.05, 4.69) is 41.8 Å². The third-order valence-corrected chi connectivity index (χ3v) is 4.01. The highest BCUT2D eigenvalue weighted by Gasteiger charge is 2.16. The number of aromatic nitrogens is 2. The molecule has 2 aromatic rings. The van der Waals surface area contributed by atoms with Crippen LogP contribution in [0.1, 0.15) is 24.4 Å². The number of hydrogen-bond donors (Lipinski definition) is 0. The standard InChI is InChI=1S/C13H17ClN2S/c1-9-5-4-6-11-13(9)16(10(2)8-17-3)12(7-14)15-11/h4-6,10H,7-8H2,1-3H3. The summed E-state index contributed by atoms with van der Waals surface area (Å²) in [5.41, 5.74) is 3.54. The van der Waals surface area contributed by atoms with Gasteiger partial charge in [0.15, 0.2) is 0 Å². The maximum atomic E-state index is 6.01. The van der Waals surface area contributed by atoms with Crippen molar-refractivity contribution >= 4 is 34.4 Å². The molecule has 1 aromatic heterocycles. The molecular weight excluding hydrogens is 252 g/mol. The van der Waals surface area contributed by atoms with E-state index >= 15 is 0 Å². The number of benzene rings is 1. The monoisotopic (exact) mass is 268 g/mol. The second-order valence-electron chi connectivity index (χ2n) is 4.28. The average molecular weight is 269 g/mol. The molecule has 0 N–H and O–H groups in total. The average Bonchev–Trinajstić information content (AvgIpc) is 2.69. The van der Waals surface area contributed by atoms with Crippen molar-refractivity contribution in [3.63, 3.8) is 0 Å². The van der Waals surface area contributed by atoms with Gasteiger partial charge in [-0.05, 0) is 31.7 Å². The number of nitrogens with zero attached hydrogens (tertiary/aromatic N) is 2. The fraction of sp³-hybridized carbons (Fsp3) is 0.462. The molecule has 0 aliphatic rings. The summed E-state index contributed by atoms with van der Waals surface area (Å²) in [5.74, 6) is 2.51. The number of para-hydroxylation sites is 1. The number of aryl methyl sites for hydroxylation is 1. The van der Waals surface area contributed by atoms with Gasteiger partial charge in [0.1, 0.15) is 5.82 Å². The molecule has 1 atom stereocenters. The number of hydrogen-bond acceptors (Lipinski definition) is 2. The van der Waals surface area contributed by atoms with Crippen molar-refractivity contribution in [1.82, 2.24) is 9.55 Å². The molecular formula is C13H17ClN2S. The molecule has 0 bridgehead atoms. The van der Waals surface area contributed by atoms with Crippen LogP contribution < -0.4 is 0 Å². The van der Waals surface area contributed by atoms with Gasteiger partial charge in [0.25, 0.3) is 0 Å². The van der Waals surface area contributed by atoms with E-state index in [4.69, 9.17) is 11.6 Å². The lowest BCUT2D eigenvalue weighted by atomic mass is 10.2. The lowest BCUT2D eigenvalue weighted by Gasteiger charge is -2.16. The van der Waals surface area contributed by atoms with Crippen molar-refractivity contribution in [2.45, 2.75) is 25.8 Å². The molecule has 1 aromatic carbocycles. The Morgan fingerprint density at radius 2 is 2.24 bits per heavy atom. The Hall–Kier alpha value is -0.670. The molecule has 0 saturated carbocycles. The zero-order chi connectivity index (χ0) is 12.4. The second kappa shape index (κ2) is 5.32. The topological polar surface area (TPSA) is 17.8 Å². The fourth-order valence-corrected chi connectivity index (χ4v) is 3.07. The highest BCUT2D eigenvalue weighted by molar-refractivity contribution is 7.98. The lowest BCUT2D eigenvalue weighted by molar-refractivity contribution is 0.605. The van der Waals surface area contributed by atoms with Crippen LogP contribution >= 0.6 is 23.4 Å². The Balaban J connectivity index is 2.64. The summed E-state index contributed by atoms with van der Waals surface area (Å²) < 4.78 is 2.29. The van der Waals surface area contributed by atoms with Gasteiger partial charge >= 0.3 is 0 Å². The number of imidazole rings is 1. The van der Waals surface area contributed by atoms with Gasteiger partial charge in [0.2, 0.25) is 0 Å². The van der Waals surface area contributed by atoms with E-state index in [9.17, 15) is 0 Å². The normalized spacial score (nSPS) is 13.2. The molecule has 2 nitrogen and oxygen atoms in total. The first kappa shape index (κ1) is 12.8. The van der Waals surface area contributed by atoms with Gasteiger partial charge in [-0.25, -0.2) is 4.98 Å². The summed E-state index contributed by atoms with van der Waals surface area (Å²) in [4.78, 5) is 4.62. The van der Waals surface area contributed by atoms with Crippen LogP contribution in [-0.2, 0) is 5.88 Å². The van der Waals surface area contributed by atoms with Gasteiger partial charge in [-0.3, -0.25) is 0 Å². The Morgan fingerprint density at radius 1 is 1.47 bits per heavy atom. The van der Waals surface area contributed by atoms with Crippen molar-refractivity contribution in [1.29, 1.82) is 0 Å². The minimum Gasteiger partial charge on any atom is -0.323 e. The molecule has 0 radical (unpaired) electrons. The first-order chi connectivity index (χ1) is 8.19. The van der Waals surface area contributed by atoms with Gasteiger partial charge < -0.3 is 4.57 Å². The number of rotatable bonds is 4. The van der Waals surface area contributed by atoms with Gasteiger partial charge in [0.05, 0.1) is 16.9 Å². The predicted molar refractivity (Wildman–Crippen MR) is 77.1 cm³/mol. The molecule has 92 valence electrons. The molecule has 4 heteroatoms. The van der Waals surface area contributed by atoms with Gasteiger partial charge in [0, 0.05) is 11.8 Å². The molecule has 0 saturated heterocycles. The van der Waals surface area contributed by atoms with E-state index in [1.165, 1.54) is 11.1 Å². The first-order valence-electron chi connectivity index (χ1n) is 5.70. The quantitative estimate of drug-likeness (QED) is 0.780. The van der Waals surface area contributed by atoms with Crippen molar-refractivity contribution < 1.29 is 0 Å². The van der Waals surface area contributed by atoms with E-state index in [1.54, 1.807) is 0 Å². The molecule has 0 fully saturated rings. The number of fused-ring (bicyclic) bond motifs is 1. The zero-order valence-electron chi connectivity index (χ0n) is 10.4. The molecule has 0 aliphatic carbocycles. The third kappa shape index (κ3) is 2.31. The molecule has 2 rings (SSSR count). The van der Waals surface area contributed by atoms with Crippen molar-refractivity contribution in [3.05, 3.63) is 29.6 Å². The summed E-state index contributed by atoms with van der Waals surface area (Å²) in [6.45, 7) is 4.35. The van der Waals surface area contributed by atoms with E-state index in [-0.39, 0.29) is 0 Å². The summed E-state index contributed by atoms with van der Waals surface area (Å²) in [6.07, 6.45) is 2.13. The molecule has 1 heterocycles. The van der Waals surface area contributed by atoms with E-state index in [0.29, 0.717) is 11.9 Å². The van der Waals surface area contributed by atoms with Gasteiger partial charge in [-0.2, -0.15) is 11.8 Å². The summed E-state index contributed by atoms with van der Waals surface area (Å²) in [7, 11) is 0. The summed E-state index contributed by atoms with van der Waals surface area (Å²) >= 11 is 7.86. The van der Waals surface area contributed by atoms with E-state index in [0.717, 1.165) is 17.1 Å². The van der Waals surface area contributed by atoms with Crippen LogP contribution in [0.5, 0.6) is 0 Å². The summed E-state index contributed by atoms with van der Waals surface area (Å²) in [5, 5.41) is 0. The molecule has 1 unspecified atom stereocenters. The van der Waals surface area contributed by atoms with E-state index in [1.807, 2.05) is 17.8 Å². The minimum absolute atomic E-state index is 0.421. The van der Waals surface area contributed by atoms with Gasteiger partial charge in [-0.1, -0.05) is 12.1 Å². The van der Waals surface area contributed by atoms with Crippen LogP contribution in [0.4, 0.5) is 0 Å². The van der Waals surface area contributed by atoms with Crippen LogP contribution in [-0.4, -0.2) is 21.6 Å². The Bertz CT molecular complexity index is 521. The summed E-state index contributed by atoms with van der Waals surface area (Å²) in [6, 6.07) is 6.65. The Morgan fingerprint density at radius 3 is 2.88 bits per heavy atom. The van der Waals surface area contributed by atoms with E-state index < -0.39 is 0 Å². The zero-order valence-corrected chi connectivity index (χ0v) is 12.0. The van der Waals surface area contributed by atoms with Crippen LogP contribution in [0, 0.1) is 6.92 Å². The second-order valence-corrected chi connectivity index (χ2v) is 5.46. The predicted octanol–water partition coefficient (Wildman–Crippen LogP) is 4.01. The van der Waals surface area contributed by atoms with Crippen molar-refractivity contribution in [3.8, 4) is 0 Å². The van der Waals surface area contributed by atoms with Crippen LogP contribution in [0.2, 0.25) is 0 Å². The van der Waals surface area contributed by atoms with Crippen LogP contribution in [0.25, 0.3) is 11.0 Å². The maximum absolute atomic E-state index is 6.01. The highest BCUT2D eigenvalue weighted by atomic mass is 35.5. The first-order valence-corrected chi connectivity index (χ1v) is 7.63. The van der Waals surface area contributed by atoms with Crippen molar-refractivity contribution in [2.75, 3.05) is 12.0 Å². The molecule has 0 aliphatic heterocycles. The molecule has 0 amide bonds. The SMILES string of the molecule is CSCC(C)n1c(CCl)nc2cccc(C)c21. The van der Waals surface area contributed by atoms with Gasteiger partial charge in [-0.15, -0.1) is 11.6 Å². The number of thioether (sulfide) groups is 1. The number of halogens is 1. The molecule has 17 heavy (non-hydrogen) atoms. The Kier molecular flexibility index (Phi) is 4.00. The van der Waals surface area contributed by atoms with Crippen LogP contribution in [0.15, 0.2) is 18.2 Å². The highest BCUT2D eigenvalue weighted by Crippen LogP contribution is 2.26. The number of alkyl halides is 1. The Labute approximate surface area is 111 Å². The third-order valence-electron chi connectivity index (χ3n) is 2.95.